The molecule has 1 unspecified atom stereocenters. The highest BCUT2D eigenvalue weighted by molar-refractivity contribution is 5.73. The molecule has 0 bridgehead atoms. The molecule has 0 aliphatic heterocycles. The van der Waals surface area contributed by atoms with Crippen molar-refractivity contribution in [1.29, 1.82) is 0 Å². The van der Waals surface area contributed by atoms with E-state index in [1.807, 2.05) is 31.2 Å². The van der Waals surface area contributed by atoms with Gasteiger partial charge in [0.2, 0.25) is 17.7 Å². The third kappa shape index (κ3) is 5.26. The molecule has 3 rings (SSSR count). The summed E-state index contributed by atoms with van der Waals surface area (Å²) in [7, 11) is 1.58. The number of hydrogen-bond donors (Lipinski definition) is 2. The molecule has 2 N–H and O–H groups in total. The van der Waals surface area contributed by atoms with Gasteiger partial charge in [0.25, 0.3) is 0 Å². The van der Waals surface area contributed by atoms with Crippen molar-refractivity contribution in [3.8, 4) is 17.1 Å². The van der Waals surface area contributed by atoms with Gasteiger partial charge in [-0.25, -0.2) is 15.0 Å². The van der Waals surface area contributed by atoms with E-state index < -0.39 is 0 Å². The zero-order valence-corrected chi connectivity index (χ0v) is 16.1. The van der Waals surface area contributed by atoms with Crippen molar-refractivity contribution >= 4 is 17.5 Å². The molecule has 144 valence electrons. The van der Waals surface area contributed by atoms with E-state index in [1.165, 1.54) is 6.92 Å². The average Bonchev–Trinajstić information content (AvgIpc) is 2.69. The van der Waals surface area contributed by atoms with E-state index in [9.17, 15) is 4.79 Å². The van der Waals surface area contributed by atoms with Gasteiger partial charge >= 0.3 is 0 Å². The Kier molecular flexibility index (Phi) is 6.16. The molecule has 7 heteroatoms. The van der Waals surface area contributed by atoms with Crippen LogP contribution in [0, 0.1) is 0 Å². The summed E-state index contributed by atoms with van der Waals surface area (Å²) in [6, 6.07) is 13.7. The number of anilines is 2. The van der Waals surface area contributed by atoms with Gasteiger partial charge in [-0.2, -0.15) is 0 Å². The molecule has 28 heavy (non-hydrogen) atoms. The van der Waals surface area contributed by atoms with E-state index in [2.05, 4.69) is 37.7 Å². The number of carbonyl (C=O) groups is 1. The number of methoxy groups -OCH3 is 1. The number of pyridine rings is 1. The fourth-order valence-electron chi connectivity index (χ4n) is 2.85. The standard InChI is InChI=1S/C21H23N5O2/c1-14(24-15(2)27)12-16-4-6-17(7-5-16)19-10-11-22-21(26-19)25-18-8-9-20(28-3)23-13-18/h4-11,13-14H,12H2,1-3H3,(H,24,27)(H,22,25,26). The summed E-state index contributed by atoms with van der Waals surface area (Å²) in [4.78, 5) is 24.1. The Morgan fingerprint density at radius 3 is 2.54 bits per heavy atom. The zero-order valence-electron chi connectivity index (χ0n) is 16.1. The molecule has 3 aromatic rings. The first-order valence-corrected chi connectivity index (χ1v) is 9.00. The van der Waals surface area contributed by atoms with Crippen LogP contribution in [-0.2, 0) is 11.2 Å². The van der Waals surface area contributed by atoms with Crippen molar-refractivity contribution in [2.24, 2.45) is 0 Å². The lowest BCUT2D eigenvalue weighted by molar-refractivity contribution is -0.119. The fourth-order valence-corrected chi connectivity index (χ4v) is 2.85. The number of benzene rings is 1. The first-order valence-electron chi connectivity index (χ1n) is 9.00. The molecule has 0 saturated heterocycles. The number of nitrogens with one attached hydrogen (secondary N) is 2. The van der Waals surface area contributed by atoms with Gasteiger partial charge < -0.3 is 15.4 Å². The Morgan fingerprint density at radius 2 is 1.89 bits per heavy atom. The number of carbonyl (C=O) groups excluding carboxylic acids is 1. The van der Waals surface area contributed by atoms with Crippen LogP contribution in [0.3, 0.4) is 0 Å². The molecule has 0 spiro atoms. The molecule has 2 heterocycles. The monoisotopic (exact) mass is 377 g/mol. The van der Waals surface area contributed by atoms with Gasteiger partial charge in [-0.05, 0) is 31.0 Å². The zero-order chi connectivity index (χ0) is 19.9. The van der Waals surface area contributed by atoms with E-state index in [0.29, 0.717) is 11.8 Å². The van der Waals surface area contributed by atoms with Crippen molar-refractivity contribution in [1.82, 2.24) is 20.3 Å². The normalized spacial score (nSPS) is 11.5. The highest BCUT2D eigenvalue weighted by Crippen LogP contribution is 2.21. The van der Waals surface area contributed by atoms with Crippen LogP contribution in [0.4, 0.5) is 11.6 Å². The summed E-state index contributed by atoms with van der Waals surface area (Å²) in [6.07, 6.45) is 4.16. The first kappa shape index (κ1) is 19.3. The molecule has 2 aromatic heterocycles. The van der Waals surface area contributed by atoms with Crippen molar-refractivity contribution in [3.05, 3.63) is 60.4 Å². The maximum atomic E-state index is 11.1. The second kappa shape index (κ2) is 8.94. The Labute approximate surface area is 164 Å². The topological polar surface area (TPSA) is 89.0 Å². The van der Waals surface area contributed by atoms with Gasteiger partial charge in [0, 0.05) is 30.8 Å². The molecule has 0 fully saturated rings. The maximum absolute atomic E-state index is 11.1. The van der Waals surface area contributed by atoms with Gasteiger partial charge in [-0.1, -0.05) is 24.3 Å². The molecule has 0 saturated carbocycles. The number of rotatable bonds is 7. The lowest BCUT2D eigenvalue weighted by Crippen LogP contribution is -2.31. The molecule has 0 aliphatic rings. The first-order chi connectivity index (χ1) is 13.5. The van der Waals surface area contributed by atoms with Gasteiger partial charge in [-0.3, -0.25) is 4.79 Å². The van der Waals surface area contributed by atoms with E-state index in [0.717, 1.165) is 28.9 Å². The highest BCUT2D eigenvalue weighted by Gasteiger charge is 2.07. The van der Waals surface area contributed by atoms with Crippen LogP contribution in [0.5, 0.6) is 5.88 Å². The second-order valence-electron chi connectivity index (χ2n) is 6.48. The third-order valence-electron chi connectivity index (χ3n) is 4.10. The molecule has 7 nitrogen and oxygen atoms in total. The lowest BCUT2D eigenvalue weighted by atomic mass is 10.0. The number of hydrogen-bond acceptors (Lipinski definition) is 6. The largest absolute Gasteiger partial charge is 0.481 e. The van der Waals surface area contributed by atoms with Crippen molar-refractivity contribution < 1.29 is 9.53 Å². The van der Waals surface area contributed by atoms with Crippen LogP contribution < -0.4 is 15.4 Å². The summed E-state index contributed by atoms with van der Waals surface area (Å²) < 4.78 is 5.06. The Balaban J connectivity index is 1.69. The second-order valence-corrected chi connectivity index (χ2v) is 6.48. The van der Waals surface area contributed by atoms with E-state index in [1.54, 1.807) is 25.6 Å². The smallest absolute Gasteiger partial charge is 0.227 e. The molecule has 1 aromatic carbocycles. The number of nitrogens with zero attached hydrogens (tertiary/aromatic N) is 3. The summed E-state index contributed by atoms with van der Waals surface area (Å²) in [5.74, 6) is 1.03. The number of ether oxygens (including phenoxy) is 1. The van der Waals surface area contributed by atoms with Crippen LogP contribution in [0.15, 0.2) is 54.9 Å². The minimum absolute atomic E-state index is 0.0165. The van der Waals surface area contributed by atoms with Crippen LogP contribution in [0.25, 0.3) is 11.3 Å². The summed E-state index contributed by atoms with van der Waals surface area (Å²) in [5, 5.41) is 6.04. The maximum Gasteiger partial charge on any atom is 0.227 e. The molecular weight excluding hydrogens is 354 g/mol. The van der Waals surface area contributed by atoms with E-state index >= 15 is 0 Å². The number of aromatic nitrogens is 3. The molecule has 0 radical (unpaired) electrons. The van der Waals surface area contributed by atoms with Gasteiger partial charge in [0.05, 0.1) is 24.7 Å². The predicted molar refractivity (Wildman–Crippen MR) is 109 cm³/mol. The van der Waals surface area contributed by atoms with E-state index in [-0.39, 0.29) is 11.9 Å². The Hall–Kier alpha value is -3.48. The van der Waals surface area contributed by atoms with E-state index in [4.69, 9.17) is 4.74 Å². The van der Waals surface area contributed by atoms with Crippen LogP contribution in [0.1, 0.15) is 19.4 Å². The average molecular weight is 377 g/mol. The van der Waals surface area contributed by atoms with Crippen molar-refractivity contribution in [2.75, 3.05) is 12.4 Å². The molecular formula is C21H23N5O2. The third-order valence-corrected chi connectivity index (χ3v) is 4.10. The van der Waals surface area contributed by atoms with Gasteiger partial charge in [-0.15, -0.1) is 0 Å². The Morgan fingerprint density at radius 1 is 1.11 bits per heavy atom. The van der Waals surface area contributed by atoms with Crippen LogP contribution in [0.2, 0.25) is 0 Å². The van der Waals surface area contributed by atoms with Crippen molar-refractivity contribution in [3.63, 3.8) is 0 Å². The molecule has 1 atom stereocenters. The minimum Gasteiger partial charge on any atom is -0.481 e. The van der Waals surface area contributed by atoms with Crippen LogP contribution >= 0.6 is 0 Å². The SMILES string of the molecule is COc1ccc(Nc2nccc(-c3ccc(CC(C)NC(C)=O)cc3)n2)cn1. The van der Waals surface area contributed by atoms with Gasteiger partial charge in [0.15, 0.2) is 0 Å². The summed E-state index contributed by atoms with van der Waals surface area (Å²) in [5.41, 5.74) is 3.75. The highest BCUT2D eigenvalue weighted by atomic mass is 16.5. The minimum atomic E-state index is -0.0165. The molecule has 1 amide bonds. The summed E-state index contributed by atoms with van der Waals surface area (Å²) >= 11 is 0. The predicted octanol–water partition coefficient (Wildman–Crippen LogP) is 3.36. The fraction of sp³-hybridized carbons (Fsp3) is 0.238. The quantitative estimate of drug-likeness (QED) is 0.656. The Bertz CT molecular complexity index is 926. The van der Waals surface area contributed by atoms with Crippen molar-refractivity contribution in [2.45, 2.75) is 26.3 Å². The lowest BCUT2D eigenvalue weighted by Gasteiger charge is -2.12. The summed E-state index contributed by atoms with van der Waals surface area (Å²) in [6.45, 7) is 3.52. The van der Waals surface area contributed by atoms with Crippen LogP contribution in [-0.4, -0.2) is 34.0 Å². The number of amides is 1. The molecule has 0 aliphatic carbocycles. The van der Waals surface area contributed by atoms with Gasteiger partial charge in [0.1, 0.15) is 0 Å².